The predicted molar refractivity (Wildman–Crippen MR) is 65.5 cm³/mol. The Morgan fingerprint density at radius 1 is 1.44 bits per heavy atom. The molecule has 1 aromatic heterocycles. The summed E-state index contributed by atoms with van der Waals surface area (Å²) in [5.41, 5.74) is 4.08. The van der Waals surface area contributed by atoms with Crippen molar-refractivity contribution in [1.29, 1.82) is 0 Å². The SMILES string of the molecule is Cc1nn(CCCN(C)C)c2c1CNCC2. The molecule has 0 aliphatic carbocycles. The first-order chi connectivity index (χ1) is 7.68. The Balaban J connectivity index is 2.04. The van der Waals surface area contributed by atoms with E-state index in [4.69, 9.17) is 0 Å². The second kappa shape index (κ2) is 4.97. The van der Waals surface area contributed by atoms with Crippen molar-refractivity contribution in [3.8, 4) is 0 Å². The second-order valence-electron chi connectivity index (χ2n) is 4.82. The van der Waals surface area contributed by atoms with Crippen LogP contribution in [0.3, 0.4) is 0 Å². The molecule has 0 aromatic carbocycles. The molecule has 2 heterocycles. The summed E-state index contributed by atoms with van der Waals surface area (Å²) in [5, 5.41) is 8.06. The first-order valence-electron chi connectivity index (χ1n) is 6.09. The lowest BCUT2D eigenvalue weighted by Gasteiger charge is -2.16. The average molecular weight is 222 g/mol. The van der Waals surface area contributed by atoms with E-state index in [1.807, 2.05) is 0 Å². The smallest absolute Gasteiger partial charge is 0.0641 e. The number of hydrogen-bond donors (Lipinski definition) is 1. The molecule has 0 amide bonds. The van der Waals surface area contributed by atoms with Crippen LogP contribution >= 0.6 is 0 Å². The standard InChI is InChI=1S/C12H22N4/c1-10-11-9-13-6-5-12(11)16(14-10)8-4-7-15(2)3/h13H,4-9H2,1-3H3. The van der Waals surface area contributed by atoms with Gasteiger partial charge in [-0.2, -0.15) is 5.10 Å². The number of nitrogens with one attached hydrogen (secondary N) is 1. The lowest BCUT2D eigenvalue weighted by Crippen LogP contribution is -2.25. The zero-order chi connectivity index (χ0) is 11.5. The molecule has 0 saturated heterocycles. The molecule has 0 bridgehead atoms. The minimum atomic E-state index is 0.995. The molecule has 1 aliphatic heterocycles. The van der Waals surface area contributed by atoms with E-state index in [0.717, 1.165) is 32.6 Å². The fourth-order valence-corrected chi connectivity index (χ4v) is 2.32. The molecule has 4 heteroatoms. The van der Waals surface area contributed by atoms with Gasteiger partial charge >= 0.3 is 0 Å². The molecule has 1 aromatic rings. The van der Waals surface area contributed by atoms with Crippen molar-refractivity contribution < 1.29 is 0 Å². The molecular formula is C12H22N4. The highest BCUT2D eigenvalue weighted by Crippen LogP contribution is 2.17. The highest BCUT2D eigenvalue weighted by atomic mass is 15.3. The highest BCUT2D eigenvalue weighted by Gasteiger charge is 2.17. The van der Waals surface area contributed by atoms with Gasteiger partial charge in [0, 0.05) is 37.3 Å². The summed E-state index contributed by atoms with van der Waals surface area (Å²) < 4.78 is 2.22. The van der Waals surface area contributed by atoms with Crippen molar-refractivity contribution in [2.24, 2.45) is 0 Å². The summed E-state index contributed by atoms with van der Waals surface area (Å²) >= 11 is 0. The van der Waals surface area contributed by atoms with Crippen molar-refractivity contribution in [3.63, 3.8) is 0 Å². The van der Waals surface area contributed by atoms with E-state index in [1.54, 1.807) is 0 Å². The van der Waals surface area contributed by atoms with Gasteiger partial charge in [-0.25, -0.2) is 0 Å². The molecular weight excluding hydrogens is 200 g/mol. The van der Waals surface area contributed by atoms with Gasteiger partial charge in [-0.1, -0.05) is 0 Å². The fraction of sp³-hybridized carbons (Fsp3) is 0.750. The Kier molecular flexibility index (Phi) is 3.61. The van der Waals surface area contributed by atoms with Crippen LogP contribution in [-0.4, -0.2) is 41.9 Å². The van der Waals surface area contributed by atoms with E-state index in [1.165, 1.54) is 23.4 Å². The van der Waals surface area contributed by atoms with E-state index in [2.05, 4.69) is 41.0 Å². The number of fused-ring (bicyclic) bond motifs is 1. The Bertz CT molecular complexity index is 354. The van der Waals surface area contributed by atoms with Crippen molar-refractivity contribution >= 4 is 0 Å². The largest absolute Gasteiger partial charge is 0.312 e. The summed E-state index contributed by atoms with van der Waals surface area (Å²) in [6.45, 7) is 6.38. The monoisotopic (exact) mass is 222 g/mol. The minimum Gasteiger partial charge on any atom is -0.312 e. The molecule has 16 heavy (non-hydrogen) atoms. The molecule has 2 rings (SSSR count). The van der Waals surface area contributed by atoms with E-state index in [-0.39, 0.29) is 0 Å². The van der Waals surface area contributed by atoms with Gasteiger partial charge in [-0.3, -0.25) is 4.68 Å². The number of nitrogens with zero attached hydrogens (tertiary/aromatic N) is 3. The molecule has 0 saturated carbocycles. The number of aromatic nitrogens is 2. The third-order valence-electron chi connectivity index (χ3n) is 3.18. The lowest BCUT2D eigenvalue weighted by molar-refractivity contribution is 0.377. The summed E-state index contributed by atoms with van der Waals surface area (Å²) in [6, 6.07) is 0. The minimum absolute atomic E-state index is 0.995. The Morgan fingerprint density at radius 2 is 2.25 bits per heavy atom. The van der Waals surface area contributed by atoms with Gasteiger partial charge in [0.1, 0.15) is 0 Å². The van der Waals surface area contributed by atoms with Crippen LogP contribution in [0, 0.1) is 6.92 Å². The van der Waals surface area contributed by atoms with Crippen LogP contribution in [0.5, 0.6) is 0 Å². The summed E-state index contributed by atoms with van der Waals surface area (Å²) in [7, 11) is 4.24. The third-order valence-corrected chi connectivity index (χ3v) is 3.18. The first kappa shape index (κ1) is 11.6. The second-order valence-corrected chi connectivity index (χ2v) is 4.82. The highest BCUT2D eigenvalue weighted by molar-refractivity contribution is 5.27. The summed E-state index contributed by atoms with van der Waals surface area (Å²) in [4.78, 5) is 2.23. The van der Waals surface area contributed by atoms with Crippen molar-refractivity contribution in [2.75, 3.05) is 27.2 Å². The van der Waals surface area contributed by atoms with Gasteiger partial charge in [0.2, 0.25) is 0 Å². The number of aryl methyl sites for hydroxylation is 2. The van der Waals surface area contributed by atoms with Crippen molar-refractivity contribution in [3.05, 3.63) is 17.0 Å². The lowest BCUT2D eigenvalue weighted by atomic mass is 10.1. The Labute approximate surface area is 97.6 Å². The van der Waals surface area contributed by atoms with Gasteiger partial charge in [0.15, 0.2) is 0 Å². The van der Waals surface area contributed by atoms with Gasteiger partial charge in [-0.05, 0) is 34.0 Å². The van der Waals surface area contributed by atoms with Crippen LogP contribution in [0.1, 0.15) is 23.4 Å². The molecule has 0 unspecified atom stereocenters. The van der Waals surface area contributed by atoms with Gasteiger partial charge < -0.3 is 10.2 Å². The van der Waals surface area contributed by atoms with Crippen LogP contribution in [0.4, 0.5) is 0 Å². The molecule has 1 N–H and O–H groups in total. The van der Waals surface area contributed by atoms with Gasteiger partial charge in [-0.15, -0.1) is 0 Å². The fourth-order valence-electron chi connectivity index (χ4n) is 2.32. The van der Waals surface area contributed by atoms with E-state index in [9.17, 15) is 0 Å². The van der Waals surface area contributed by atoms with Gasteiger partial charge in [0.25, 0.3) is 0 Å². The van der Waals surface area contributed by atoms with Crippen molar-refractivity contribution in [2.45, 2.75) is 32.9 Å². The van der Waals surface area contributed by atoms with Crippen LogP contribution in [0.15, 0.2) is 0 Å². The number of hydrogen-bond acceptors (Lipinski definition) is 3. The van der Waals surface area contributed by atoms with Crippen molar-refractivity contribution in [1.82, 2.24) is 20.0 Å². The van der Waals surface area contributed by atoms with Crippen LogP contribution in [0.25, 0.3) is 0 Å². The van der Waals surface area contributed by atoms with Crippen LogP contribution < -0.4 is 5.32 Å². The van der Waals surface area contributed by atoms with Gasteiger partial charge in [0.05, 0.1) is 5.69 Å². The van der Waals surface area contributed by atoms with E-state index < -0.39 is 0 Å². The zero-order valence-electron chi connectivity index (χ0n) is 10.6. The van der Waals surface area contributed by atoms with E-state index in [0.29, 0.717) is 0 Å². The maximum absolute atomic E-state index is 4.65. The number of rotatable bonds is 4. The Hall–Kier alpha value is -0.870. The topological polar surface area (TPSA) is 33.1 Å². The molecule has 1 aliphatic rings. The molecule has 90 valence electrons. The third kappa shape index (κ3) is 2.44. The molecule has 0 spiro atoms. The molecule has 0 fully saturated rings. The van der Waals surface area contributed by atoms with Crippen LogP contribution in [0.2, 0.25) is 0 Å². The predicted octanol–water partition coefficient (Wildman–Crippen LogP) is 0.789. The average Bonchev–Trinajstić information content (AvgIpc) is 2.57. The first-order valence-corrected chi connectivity index (χ1v) is 6.09. The normalized spacial score (nSPS) is 15.5. The molecule has 0 radical (unpaired) electrons. The maximum Gasteiger partial charge on any atom is 0.0641 e. The quantitative estimate of drug-likeness (QED) is 0.817. The maximum atomic E-state index is 4.65. The van der Waals surface area contributed by atoms with E-state index >= 15 is 0 Å². The Morgan fingerprint density at radius 3 is 3.00 bits per heavy atom. The summed E-state index contributed by atoms with van der Waals surface area (Å²) in [6.07, 6.45) is 2.30. The zero-order valence-corrected chi connectivity index (χ0v) is 10.6. The molecule has 4 nitrogen and oxygen atoms in total. The van der Waals surface area contributed by atoms with Crippen LogP contribution in [-0.2, 0) is 19.5 Å². The summed E-state index contributed by atoms with van der Waals surface area (Å²) in [5.74, 6) is 0. The molecule has 0 atom stereocenters.